The first-order chi connectivity index (χ1) is 7.69. The van der Waals surface area contributed by atoms with Gasteiger partial charge in [-0.15, -0.1) is 0 Å². The smallest absolute Gasteiger partial charge is 0.0638 e. The predicted molar refractivity (Wildman–Crippen MR) is 63.2 cm³/mol. The molecule has 1 aromatic rings. The molecule has 2 unspecified atom stereocenters. The van der Waals surface area contributed by atoms with Gasteiger partial charge in [-0.3, -0.25) is 4.68 Å². The van der Waals surface area contributed by atoms with Crippen molar-refractivity contribution in [3.63, 3.8) is 0 Å². The molecule has 1 aliphatic rings. The van der Waals surface area contributed by atoms with Crippen LogP contribution in [0.3, 0.4) is 0 Å². The van der Waals surface area contributed by atoms with Gasteiger partial charge in [0.15, 0.2) is 0 Å². The lowest BCUT2D eigenvalue weighted by molar-refractivity contribution is 0.107. The van der Waals surface area contributed by atoms with Crippen molar-refractivity contribution in [3.05, 3.63) is 17.5 Å². The Morgan fingerprint density at radius 3 is 2.94 bits per heavy atom. The van der Waals surface area contributed by atoms with Gasteiger partial charge in [0.05, 0.1) is 11.8 Å². The number of rotatable bonds is 4. The lowest BCUT2D eigenvalue weighted by Gasteiger charge is -2.12. The van der Waals surface area contributed by atoms with E-state index in [1.54, 1.807) is 7.11 Å². The number of aryl methyl sites for hydroxylation is 2. The maximum absolute atomic E-state index is 5.36. The summed E-state index contributed by atoms with van der Waals surface area (Å²) in [6, 6.07) is 0.601. The van der Waals surface area contributed by atoms with Crippen molar-refractivity contribution < 1.29 is 4.74 Å². The zero-order valence-corrected chi connectivity index (χ0v) is 10.4. The molecular weight excluding hydrogens is 202 g/mol. The highest BCUT2D eigenvalue weighted by Gasteiger charge is 2.23. The van der Waals surface area contributed by atoms with Gasteiger partial charge in [0.25, 0.3) is 0 Å². The third-order valence-corrected chi connectivity index (χ3v) is 3.41. The van der Waals surface area contributed by atoms with Gasteiger partial charge in [-0.2, -0.15) is 5.10 Å². The molecule has 1 heterocycles. The molecule has 0 spiro atoms. The van der Waals surface area contributed by atoms with Gasteiger partial charge in [0, 0.05) is 38.5 Å². The number of methoxy groups -OCH3 is 1. The van der Waals surface area contributed by atoms with Crippen LogP contribution in [-0.4, -0.2) is 29.0 Å². The molecule has 2 atom stereocenters. The molecule has 1 aliphatic carbocycles. The van der Waals surface area contributed by atoms with E-state index in [4.69, 9.17) is 4.74 Å². The van der Waals surface area contributed by atoms with Crippen molar-refractivity contribution in [1.82, 2.24) is 15.1 Å². The first-order valence-electron chi connectivity index (χ1n) is 5.94. The molecule has 4 nitrogen and oxygen atoms in total. The van der Waals surface area contributed by atoms with Crippen molar-refractivity contribution in [2.75, 3.05) is 7.11 Å². The molecule has 1 saturated carbocycles. The molecule has 1 fully saturated rings. The lowest BCUT2D eigenvalue weighted by atomic mass is 10.2. The normalized spacial score (nSPS) is 25.2. The number of hydrogen-bond donors (Lipinski definition) is 1. The van der Waals surface area contributed by atoms with Gasteiger partial charge in [-0.25, -0.2) is 0 Å². The third kappa shape index (κ3) is 2.62. The van der Waals surface area contributed by atoms with E-state index in [0.29, 0.717) is 12.1 Å². The van der Waals surface area contributed by atoms with Crippen molar-refractivity contribution in [2.45, 2.75) is 44.9 Å². The van der Waals surface area contributed by atoms with Crippen molar-refractivity contribution in [1.29, 1.82) is 0 Å². The van der Waals surface area contributed by atoms with E-state index in [9.17, 15) is 0 Å². The molecular formula is C12H21N3O. The molecule has 0 amide bonds. The quantitative estimate of drug-likeness (QED) is 0.838. The largest absolute Gasteiger partial charge is 0.381 e. The minimum Gasteiger partial charge on any atom is -0.381 e. The number of nitrogens with zero attached hydrogens (tertiary/aromatic N) is 2. The molecule has 4 heteroatoms. The van der Waals surface area contributed by atoms with E-state index in [1.807, 2.05) is 11.7 Å². The first-order valence-corrected chi connectivity index (χ1v) is 5.94. The Hall–Kier alpha value is -0.870. The first kappa shape index (κ1) is 11.6. The van der Waals surface area contributed by atoms with Crippen LogP contribution in [-0.2, 0) is 18.3 Å². The molecule has 0 radical (unpaired) electrons. The molecule has 0 aliphatic heterocycles. The van der Waals surface area contributed by atoms with E-state index in [-0.39, 0.29) is 0 Å². The summed E-state index contributed by atoms with van der Waals surface area (Å²) in [6.45, 7) is 2.98. The Bertz CT molecular complexity index is 348. The summed E-state index contributed by atoms with van der Waals surface area (Å²) in [5.41, 5.74) is 2.42. The SMILES string of the molecule is COC1CCC(NCc2cn(C)nc2C)C1. The standard InChI is InChI=1S/C12H21N3O/c1-9-10(8-15(2)14-9)7-13-11-4-5-12(6-11)16-3/h8,11-13H,4-7H2,1-3H3. The van der Waals surface area contributed by atoms with Gasteiger partial charge in [0.1, 0.15) is 0 Å². The Balaban J connectivity index is 1.82. The Kier molecular flexibility index (Phi) is 3.61. The fourth-order valence-electron chi connectivity index (χ4n) is 2.42. The summed E-state index contributed by atoms with van der Waals surface area (Å²) in [4.78, 5) is 0. The molecule has 0 saturated heterocycles. The summed E-state index contributed by atoms with van der Waals surface area (Å²) < 4.78 is 7.24. The Labute approximate surface area is 97.0 Å². The molecule has 0 bridgehead atoms. The topological polar surface area (TPSA) is 39.1 Å². The summed E-state index contributed by atoms with van der Waals surface area (Å²) in [5.74, 6) is 0. The highest BCUT2D eigenvalue weighted by atomic mass is 16.5. The number of aromatic nitrogens is 2. The van der Waals surface area contributed by atoms with E-state index in [1.165, 1.54) is 18.4 Å². The summed E-state index contributed by atoms with van der Waals surface area (Å²) in [7, 11) is 3.77. The van der Waals surface area contributed by atoms with Crippen LogP contribution in [0.2, 0.25) is 0 Å². The van der Waals surface area contributed by atoms with Crippen LogP contribution in [0, 0.1) is 6.92 Å². The second-order valence-electron chi connectivity index (χ2n) is 4.66. The van der Waals surface area contributed by atoms with Crippen molar-refractivity contribution in [2.24, 2.45) is 7.05 Å². The minimum atomic E-state index is 0.451. The summed E-state index contributed by atoms with van der Waals surface area (Å²) in [6.07, 6.45) is 6.08. The van der Waals surface area contributed by atoms with Gasteiger partial charge in [-0.1, -0.05) is 0 Å². The second kappa shape index (κ2) is 4.97. The molecule has 1 aromatic heterocycles. The highest BCUT2D eigenvalue weighted by Crippen LogP contribution is 2.21. The average Bonchev–Trinajstić information content (AvgIpc) is 2.82. The Morgan fingerprint density at radius 1 is 1.56 bits per heavy atom. The number of ether oxygens (including phenoxy) is 1. The van der Waals surface area contributed by atoms with Crippen LogP contribution in [0.4, 0.5) is 0 Å². The van der Waals surface area contributed by atoms with Crippen molar-refractivity contribution >= 4 is 0 Å². The van der Waals surface area contributed by atoms with Crippen LogP contribution in [0.25, 0.3) is 0 Å². The maximum Gasteiger partial charge on any atom is 0.0638 e. The minimum absolute atomic E-state index is 0.451. The fraction of sp³-hybridized carbons (Fsp3) is 0.750. The number of hydrogen-bond acceptors (Lipinski definition) is 3. The van der Waals surface area contributed by atoms with Crippen molar-refractivity contribution in [3.8, 4) is 0 Å². The Morgan fingerprint density at radius 2 is 2.38 bits per heavy atom. The zero-order chi connectivity index (χ0) is 11.5. The van der Waals surface area contributed by atoms with Gasteiger partial charge >= 0.3 is 0 Å². The van der Waals surface area contributed by atoms with Gasteiger partial charge in [0.2, 0.25) is 0 Å². The summed E-state index contributed by atoms with van der Waals surface area (Å²) >= 11 is 0. The van der Waals surface area contributed by atoms with Crippen LogP contribution in [0.1, 0.15) is 30.5 Å². The number of nitrogens with one attached hydrogen (secondary N) is 1. The van der Waals surface area contributed by atoms with E-state index >= 15 is 0 Å². The van der Waals surface area contributed by atoms with Crippen LogP contribution in [0.5, 0.6) is 0 Å². The third-order valence-electron chi connectivity index (χ3n) is 3.41. The molecule has 16 heavy (non-hydrogen) atoms. The van der Waals surface area contributed by atoms with Crippen LogP contribution < -0.4 is 5.32 Å². The van der Waals surface area contributed by atoms with E-state index < -0.39 is 0 Å². The van der Waals surface area contributed by atoms with Gasteiger partial charge < -0.3 is 10.1 Å². The van der Waals surface area contributed by atoms with Crippen LogP contribution in [0.15, 0.2) is 6.20 Å². The maximum atomic E-state index is 5.36. The van der Waals surface area contributed by atoms with Gasteiger partial charge in [-0.05, 0) is 26.2 Å². The van der Waals surface area contributed by atoms with Crippen LogP contribution >= 0.6 is 0 Å². The summed E-state index contributed by atoms with van der Waals surface area (Å²) in [5, 5.41) is 7.92. The molecule has 1 N–H and O–H groups in total. The van der Waals surface area contributed by atoms with E-state index in [2.05, 4.69) is 23.5 Å². The molecule has 0 aromatic carbocycles. The molecule has 2 rings (SSSR count). The lowest BCUT2D eigenvalue weighted by Crippen LogP contribution is -2.26. The monoisotopic (exact) mass is 223 g/mol. The second-order valence-corrected chi connectivity index (χ2v) is 4.66. The fourth-order valence-corrected chi connectivity index (χ4v) is 2.42. The molecule has 90 valence electrons. The predicted octanol–water partition coefficient (Wildman–Crippen LogP) is 1.39. The zero-order valence-electron chi connectivity index (χ0n) is 10.4. The average molecular weight is 223 g/mol. The highest BCUT2D eigenvalue weighted by molar-refractivity contribution is 5.15. The van der Waals surface area contributed by atoms with E-state index in [0.717, 1.165) is 18.7 Å².